The van der Waals surface area contributed by atoms with E-state index in [1.54, 1.807) is 6.07 Å². The van der Waals surface area contributed by atoms with Crippen LogP contribution >= 0.6 is 11.3 Å². The number of unbranched alkanes of at least 4 members (excludes halogenated alkanes) is 3. The highest BCUT2D eigenvalue weighted by molar-refractivity contribution is 7.20. The zero-order valence-corrected chi connectivity index (χ0v) is 25.7. The molecule has 4 atom stereocenters. The van der Waals surface area contributed by atoms with Gasteiger partial charge < -0.3 is 20.3 Å². The molecule has 10 nitrogen and oxygen atoms in total. The molecule has 1 aromatic heterocycles. The van der Waals surface area contributed by atoms with Crippen molar-refractivity contribution >= 4 is 45.0 Å². The fourth-order valence-electron chi connectivity index (χ4n) is 5.55. The first-order valence-corrected chi connectivity index (χ1v) is 15.8. The van der Waals surface area contributed by atoms with Crippen LogP contribution in [0.5, 0.6) is 5.19 Å². The monoisotopic (exact) mass is 623 g/mol. The van der Waals surface area contributed by atoms with E-state index < -0.39 is 29.5 Å². The Labute approximate surface area is 260 Å². The molecule has 5 rings (SSSR count). The Morgan fingerprint density at radius 3 is 2.77 bits per heavy atom. The largest absolute Gasteiger partial charge is 0.465 e. The van der Waals surface area contributed by atoms with Gasteiger partial charge in [0.25, 0.3) is 11.1 Å². The van der Waals surface area contributed by atoms with Crippen molar-refractivity contribution in [3.05, 3.63) is 66.5 Å². The van der Waals surface area contributed by atoms with Gasteiger partial charge in [-0.25, -0.2) is 14.9 Å². The van der Waals surface area contributed by atoms with Gasteiger partial charge in [-0.2, -0.15) is 0 Å². The number of nitrogens with one attached hydrogen (secondary N) is 3. The molecule has 1 aliphatic heterocycles. The van der Waals surface area contributed by atoms with E-state index in [-0.39, 0.29) is 37.2 Å². The summed E-state index contributed by atoms with van der Waals surface area (Å²) in [6, 6.07) is 12.7. The predicted octanol–water partition coefficient (Wildman–Crippen LogP) is 4.58. The third-order valence-electron chi connectivity index (χ3n) is 8.01. The zero-order valence-electron chi connectivity index (χ0n) is 24.9. The number of hydrogen-bond acceptors (Lipinski definition) is 8. The Morgan fingerprint density at radius 2 is 2.00 bits per heavy atom. The van der Waals surface area contributed by atoms with Crippen LogP contribution in [0.25, 0.3) is 10.2 Å². The normalized spacial score (nSPS) is 22.7. The number of thiazole rings is 1. The number of amides is 3. The lowest BCUT2D eigenvalue weighted by molar-refractivity contribution is -0.141. The van der Waals surface area contributed by atoms with E-state index in [0.717, 1.165) is 31.4 Å². The molecule has 0 spiro atoms. The van der Waals surface area contributed by atoms with Gasteiger partial charge in [-0.15, -0.1) is 0 Å². The summed E-state index contributed by atoms with van der Waals surface area (Å²) in [4.78, 5) is 51.2. The topological polar surface area (TPSA) is 122 Å². The van der Waals surface area contributed by atoms with Crippen LogP contribution < -0.4 is 20.9 Å². The number of allylic oxidation sites excluding steroid dienone is 1. The molecular formula is C32H38FN5O5S. The third-order valence-corrected chi connectivity index (χ3v) is 8.91. The number of halogens is 1. The van der Waals surface area contributed by atoms with E-state index in [1.165, 1.54) is 35.5 Å². The van der Waals surface area contributed by atoms with Gasteiger partial charge in [0.2, 0.25) is 11.8 Å². The van der Waals surface area contributed by atoms with Gasteiger partial charge in [-0.05, 0) is 49.6 Å². The average molecular weight is 624 g/mol. The standard InChI is InChI=1S/C32H38FN5O5S/c1-3-4-5-6-8-11-21-18-32(21,30(41)37-42-2)36-29(40)26-17-24(43-31-35-25-15-14-22(33)16-27(25)44-31)20-38(26)28(39)19-34-23-12-9-7-10-13-23/h7-16,21,24,26,34H,3-6,17-20H2,1-2H3,(H,36,40)(H,37,41)/b11-8-/t21-,24?,26+,32-/m1/s1. The summed E-state index contributed by atoms with van der Waals surface area (Å²) in [6.45, 7) is 2.26. The number of hydrogen-bond donors (Lipinski definition) is 3. The van der Waals surface area contributed by atoms with Crippen LogP contribution in [0.3, 0.4) is 0 Å². The number of benzene rings is 2. The molecule has 1 unspecified atom stereocenters. The summed E-state index contributed by atoms with van der Waals surface area (Å²) in [7, 11) is 1.35. The summed E-state index contributed by atoms with van der Waals surface area (Å²) >= 11 is 1.20. The van der Waals surface area contributed by atoms with Gasteiger partial charge >= 0.3 is 0 Å². The number of aromatic nitrogens is 1. The van der Waals surface area contributed by atoms with E-state index in [1.807, 2.05) is 36.4 Å². The summed E-state index contributed by atoms with van der Waals surface area (Å²) in [6.07, 6.45) is 8.34. The fraction of sp³-hybridized carbons (Fsp3) is 0.438. The number of carbonyl (C=O) groups is 3. The molecule has 44 heavy (non-hydrogen) atoms. The molecule has 234 valence electrons. The summed E-state index contributed by atoms with van der Waals surface area (Å²) in [5, 5.41) is 6.40. The van der Waals surface area contributed by atoms with Crippen LogP contribution in [0, 0.1) is 11.7 Å². The third kappa shape index (κ3) is 7.36. The molecule has 3 aromatic rings. The Balaban J connectivity index is 1.31. The van der Waals surface area contributed by atoms with Gasteiger partial charge in [-0.3, -0.25) is 19.2 Å². The molecule has 1 aliphatic carbocycles. The summed E-state index contributed by atoms with van der Waals surface area (Å²) < 4.78 is 20.5. The lowest BCUT2D eigenvalue weighted by Gasteiger charge is -2.26. The van der Waals surface area contributed by atoms with Crippen molar-refractivity contribution in [1.29, 1.82) is 0 Å². The molecule has 3 N–H and O–H groups in total. The number of hydroxylamine groups is 1. The van der Waals surface area contributed by atoms with E-state index >= 15 is 0 Å². The second kappa shape index (κ2) is 14.2. The molecule has 0 radical (unpaired) electrons. The maximum atomic E-state index is 13.9. The first kappa shape index (κ1) is 31.4. The van der Waals surface area contributed by atoms with Crippen LogP contribution in [0.2, 0.25) is 0 Å². The molecule has 2 heterocycles. The maximum absolute atomic E-state index is 13.9. The SMILES string of the molecule is CCCCC/C=C\[C@@H]1C[C@]1(NC(=O)[C@@H]1CC(Oc2nc3ccc(F)cc3s2)CN1C(=O)CNc1ccccc1)C(=O)NOC. The molecule has 3 amide bonds. The second-order valence-corrected chi connectivity index (χ2v) is 12.2. The fourth-order valence-corrected chi connectivity index (χ4v) is 6.46. The minimum absolute atomic E-state index is 0.0284. The Kier molecular flexibility index (Phi) is 10.1. The van der Waals surface area contributed by atoms with Crippen molar-refractivity contribution in [2.24, 2.45) is 5.92 Å². The minimum Gasteiger partial charge on any atom is -0.465 e. The van der Waals surface area contributed by atoms with Gasteiger partial charge in [0.05, 0.1) is 30.4 Å². The number of fused-ring (bicyclic) bond motifs is 1. The van der Waals surface area contributed by atoms with Crippen molar-refractivity contribution in [2.75, 3.05) is 25.5 Å². The molecule has 1 saturated heterocycles. The Bertz CT molecular complexity index is 1500. The van der Waals surface area contributed by atoms with Gasteiger partial charge in [0.1, 0.15) is 23.5 Å². The zero-order chi connectivity index (χ0) is 31.1. The van der Waals surface area contributed by atoms with Crippen molar-refractivity contribution < 1.29 is 28.3 Å². The second-order valence-electron chi connectivity index (χ2n) is 11.2. The Hall–Kier alpha value is -4.03. The molecular weight excluding hydrogens is 585 g/mol. The molecule has 0 bridgehead atoms. The summed E-state index contributed by atoms with van der Waals surface area (Å²) in [5.74, 6) is -1.72. The van der Waals surface area contributed by atoms with E-state index in [9.17, 15) is 18.8 Å². The smallest absolute Gasteiger partial charge is 0.274 e. The maximum Gasteiger partial charge on any atom is 0.274 e. The van der Waals surface area contributed by atoms with Crippen molar-refractivity contribution in [1.82, 2.24) is 20.7 Å². The van der Waals surface area contributed by atoms with Crippen LogP contribution in [0.4, 0.5) is 10.1 Å². The van der Waals surface area contributed by atoms with E-state index in [0.29, 0.717) is 21.8 Å². The highest BCUT2D eigenvalue weighted by Gasteiger charge is 2.61. The van der Waals surface area contributed by atoms with Crippen molar-refractivity contribution in [2.45, 2.75) is 63.1 Å². The van der Waals surface area contributed by atoms with Crippen LogP contribution in [0.15, 0.2) is 60.7 Å². The molecule has 12 heteroatoms. The van der Waals surface area contributed by atoms with Gasteiger partial charge in [-0.1, -0.05) is 61.5 Å². The number of likely N-dealkylation sites (tertiary alicyclic amines) is 1. The van der Waals surface area contributed by atoms with Crippen LogP contribution in [0.1, 0.15) is 45.4 Å². The van der Waals surface area contributed by atoms with E-state index in [4.69, 9.17) is 9.57 Å². The predicted molar refractivity (Wildman–Crippen MR) is 166 cm³/mol. The first-order valence-electron chi connectivity index (χ1n) is 15.0. The van der Waals surface area contributed by atoms with Crippen molar-refractivity contribution in [3.8, 4) is 5.19 Å². The number of nitrogens with zero attached hydrogens (tertiary/aromatic N) is 2. The number of anilines is 1. The first-order chi connectivity index (χ1) is 21.3. The molecule has 1 saturated carbocycles. The quantitative estimate of drug-likeness (QED) is 0.137. The number of carbonyl (C=O) groups excluding carboxylic acids is 3. The minimum atomic E-state index is -1.17. The van der Waals surface area contributed by atoms with E-state index in [2.05, 4.69) is 34.1 Å². The molecule has 2 fully saturated rings. The van der Waals surface area contributed by atoms with Gasteiger partial charge in [0.15, 0.2) is 0 Å². The summed E-state index contributed by atoms with van der Waals surface area (Å²) in [5.41, 5.74) is 2.59. The number of ether oxygens (including phenoxy) is 1. The highest BCUT2D eigenvalue weighted by atomic mass is 32.1. The molecule has 2 aliphatic rings. The lowest BCUT2D eigenvalue weighted by atomic mass is 10.1. The Morgan fingerprint density at radius 1 is 1.18 bits per heavy atom. The molecule has 2 aromatic carbocycles. The highest BCUT2D eigenvalue weighted by Crippen LogP contribution is 2.45. The average Bonchev–Trinajstić information content (AvgIpc) is 3.32. The number of para-hydroxylation sites is 1. The van der Waals surface area contributed by atoms with Crippen molar-refractivity contribution in [3.63, 3.8) is 0 Å². The lowest BCUT2D eigenvalue weighted by Crippen LogP contribution is -2.56. The van der Waals surface area contributed by atoms with Gasteiger partial charge in [0, 0.05) is 18.0 Å². The van der Waals surface area contributed by atoms with Crippen LogP contribution in [-0.2, 0) is 19.2 Å². The number of rotatable bonds is 14. The van der Waals surface area contributed by atoms with Crippen LogP contribution in [-0.4, -0.2) is 65.5 Å².